The molecule has 59 heavy (non-hydrogen) atoms. The van der Waals surface area contributed by atoms with E-state index in [1.165, 1.54) is 52.5 Å². The number of aliphatic hydroxyl groups is 2. The summed E-state index contributed by atoms with van der Waals surface area (Å²) in [5.41, 5.74) is 7.82. The molecule has 3 atom stereocenters. The fourth-order valence-electron chi connectivity index (χ4n) is 4.36. The molecule has 4 aromatic rings. The quantitative estimate of drug-likeness (QED) is 0.0621. The van der Waals surface area contributed by atoms with E-state index in [1.54, 1.807) is 103 Å². The molecule has 0 saturated carbocycles. The van der Waals surface area contributed by atoms with E-state index in [4.69, 9.17) is 14.9 Å². The Kier molecular flexibility index (Phi) is 23.0. The number of nitrogens with two attached hydrogens (primary N) is 1. The van der Waals surface area contributed by atoms with Gasteiger partial charge < -0.3 is 31.3 Å². The molecular weight excluding hydrogens is 822 g/mol. The Morgan fingerprint density at radius 3 is 1.54 bits per heavy atom. The lowest BCUT2D eigenvalue weighted by molar-refractivity contribution is -0.150. The molecule has 0 unspecified atom stereocenters. The van der Waals surface area contributed by atoms with E-state index in [9.17, 15) is 41.4 Å². The number of aliphatic hydroxyl groups excluding tert-OH is 2. The lowest BCUT2D eigenvalue weighted by atomic mass is 10.1. The van der Waals surface area contributed by atoms with Gasteiger partial charge in [0.25, 0.3) is 31.0 Å². The van der Waals surface area contributed by atoms with Crippen molar-refractivity contribution in [1.29, 1.82) is 0 Å². The first kappa shape index (κ1) is 51.4. The summed E-state index contributed by atoms with van der Waals surface area (Å²) in [6, 6.07) is 32.2. The zero-order valence-electron chi connectivity index (χ0n) is 33.1. The smallest absolute Gasteiger partial charge is 0.339 e. The number of esters is 1. The molecule has 1 aliphatic carbocycles. The molecule has 316 valence electrons. The highest BCUT2D eigenvalue weighted by molar-refractivity contribution is 8.17. The Labute approximate surface area is 350 Å². The number of allylic oxidation sites excluding steroid dienone is 4. The van der Waals surface area contributed by atoms with E-state index in [1.807, 2.05) is 19.1 Å². The normalized spacial score (nSPS) is 13.0. The molecule has 0 spiro atoms. The molecule has 0 aliphatic heterocycles. The van der Waals surface area contributed by atoms with Gasteiger partial charge in [-0.2, -0.15) is 16.8 Å². The van der Waals surface area contributed by atoms with Crippen LogP contribution in [0.25, 0.3) is 0 Å². The molecule has 0 bridgehead atoms. The number of hydrogen-bond donors (Lipinski definition) is 5. The molecular formula is C42H49ClN3O11S2+. The van der Waals surface area contributed by atoms with E-state index in [2.05, 4.69) is 27.7 Å². The fraction of sp³-hybridized carbons (Fsp3) is 0.190. The summed E-state index contributed by atoms with van der Waals surface area (Å²) < 4.78 is 55.6. The Morgan fingerprint density at radius 2 is 1.15 bits per heavy atom. The minimum absolute atomic E-state index is 0.0166. The number of halogens is 1. The molecule has 0 fully saturated rings. The van der Waals surface area contributed by atoms with Crippen LogP contribution in [0.4, 0.5) is 0 Å². The Balaban J connectivity index is 0.000000407. The van der Waals surface area contributed by atoms with Crippen LogP contribution in [-0.4, -0.2) is 73.1 Å². The molecule has 14 nitrogen and oxygen atoms in total. The molecule has 0 radical (unpaired) electrons. The van der Waals surface area contributed by atoms with E-state index in [-0.39, 0.29) is 15.7 Å². The first-order chi connectivity index (χ1) is 27.9. The number of nitrogens with one attached hydrogen (secondary N) is 2. The van der Waals surface area contributed by atoms with Crippen LogP contribution in [0.5, 0.6) is 0 Å². The molecule has 1 aliphatic rings. The van der Waals surface area contributed by atoms with Crippen LogP contribution in [0.15, 0.2) is 155 Å². The van der Waals surface area contributed by atoms with Gasteiger partial charge in [0.1, 0.15) is 0 Å². The summed E-state index contributed by atoms with van der Waals surface area (Å²) in [4.78, 5) is 33.9. The first-order valence-corrected chi connectivity index (χ1v) is 21.1. The second-order valence-corrected chi connectivity index (χ2v) is 15.8. The van der Waals surface area contributed by atoms with E-state index in [0.29, 0.717) is 16.7 Å². The van der Waals surface area contributed by atoms with Crippen molar-refractivity contribution in [3.63, 3.8) is 0 Å². The number of rotatable bonds is 10. The van der Waals surface area contributed by atoms with Gasteiger partial charge in [0.05, 0.1) is 17.6 Å². The van der Waals surface area contributed by atoms with Crippen LogP contribution in [0.2, 0.25) is 0 Å². The van der Waals surface area contributed by atoms with Gasteiger partial charge in [0.2, 0.25) is 0 Å². The second kappa shape index (κ2) is 26.4. The van der Waals surface area contributed by atoms with Crippen molar-refractivity contribution >= 4 is 47.6 Å². The number of likely N-dealkylation sites (N-methyl/N-ethyl adjacent to an activating group) is 2. The van der Waals surface area contributed by atoms with Crippen molar-refractivity contribution in [2.24, 2.45) is 5.73 Å². The fourth-order valence-corrected chi connectivity index (χ4v) is 6.16. The summed E-state index contributed by atoms with van der Waals surface area (Å²) >= 11 is 0. The van der Waals surface area contributed by atoms with Gasteiger partial charge >= 0.3 is 5.97 Å². The Hall–Kier alpha value is -5.59. The topological polar surface area (TPSA) is 228 Å². The number of benzene rings is 4. The van der Waals surface area contributed by atoms with Crippen molar-refractivity contribution < 1.29 is 50.4 Å². The number of carbonyl (C=O) groups excluding carboxylic acids is 3. The standard InChI is InChI=1S/C16H17NO4S.C9H11NO2.C9H10O3.C7H6ClO2S.CH5N/c1-12-8-10-14(11-9-12)22(19,20)21-15(16(18)17-2)13-6-4-3-5-7-13;1-10-9(12)8(11)7-5-3-2-4-6-7;1-12-9(11)8(10)7-5-3-2-4-6-7;1-6-2-4-7(5-3-6)11(8,9)10;1-2/h3-11,15H,1-2H3,(H,17,18);2-6,8,11H,1H3,(H,10,12);2-6,8,10H,1H3;2-5H,1H2;2H2,1H3/q;;;+1;/t15-;2*8-;;/m000../s1. The third-order valence-corrected chi connectivity index (χ3v) is 10.1. The van der Waals surface area contributed by atoms with Crippen molar-refractivity contribution in [3.05, 3.63) is 179 Å². The average Bonchev–Trinajstić information content (AvgIpc) is 3.26. The molecule has 17 heteroatoms. The second-order valence-electron chi connectivity index (χ2n) is 11.6. The van der Waals surface area contributed by atoms with Crippen molar-refractivity contribution in [2.45, 2.75) is 30.1 Å². The van der Waals surface area contributed by atoms with Crippen molar-refractivity contribution in [2.75, 3.05) is 28.3 Å². The third-order valence-electron chi connectivity index (χ3n) is 7.47. The zero-order valence-corrected chi connectivity index (χ0v) is 35.4. The Bertz CT molecular complexity index is 2150. The summed E-state index contributed by atoms with van der Waals surface area (Å²) in [5, 5.41) is 23.5. The third kappa shape index (κ3) is 18.3. The van der Waals surface area contributed by atoms with Gasteiger partial charge in [-0.25, -0.2) is 8.98 Å². The van der Waals surface area contributed by atoms with Gasteiger partial charge in [-0.15, -0.1) is 0 Å². The van der Waals surface area contributed by atoms with E-state index < -0.39 is 49.4 Å². The zero-order chi connectivity index (χ0) is 44.6. The van der Waals surface area contributed by atoms with Gasteiger partial charge in [0.15, 0.2) is 23.2 Å². The van der Waals surface area contributed by atoms with Crippen LogP contribution in [0.3, 0.4) is 0 Å². The highest BCUT2D eigenvalue weighted by atomic mass is 35.7. The van der Waals surface area contributed by atoms with Gasteiger partial charge in [-0.05, 0) is 49.4 Å². The maximum Gasteiger partial charge on any atom is 0.339 e. The molecule has 4 aromatic carbocycles. The number of aryl methyl sites for hydroxylation is 1. The molecule has 0 saturated heterocycles. The average molecular weight is 871 g/mol. The number of carbonyl (C=O) groups is 3. The summed E-state index contributed by atoms with van der Waals surface area (Å²) in [6.07, 6.45) is 2.57. The van der Waals surface area contributed by atoms with Crippen LogP contribution >= 0.6 is 10.7 Å². The largest absolute Gasteiger partial charge is 0.467 e. The SMILES string of the molecule is C=C1C=CC(S(=O)(=O)Cl)=C[CH+]1.CN.CNC(=O)[C@@H](O)c1ccccc1.CNC(=O)[C@@H](OS(=O)(=O)c1ccc(C)cc1)c1ccccc1.COC(=O)[C@@H](O)c1ccccc1. The lowest BCUT2D eigenvalue weighted by Crippen LogP contribution is -2.29. The highest BCUT2D eigenvalue weighted by Crippen LogP contribution is 2.24. The minimum Gasteiger partial charge on any atom is -0.467 e. The molecule has 6 N–H and O–H groups in total. The summed E-state index contributed by atoms with van der Waals surface area (Å²) in [6.45, 7) is 5.46. The summed E-state index contributed by atoms with van der Waals surface area (Å²) in [7, 11) is 3.12. The highest BCUT2D eigenvalue weighted by Gasteiger charge is 2.28. The molecule has 0 heterocycles. The van der Waals surface area contributed by atoms with Gasteiger partial charge in [0, 0.05) is 49.4 Å². The molecule has 5 rings (SSSR count). The maximum atomic E-state index is 12.3. The Morgan fingerprint density at radius 1 is 0.712 bits per heavy atom. The van der Waals surface area contributed by atoms with Crippen LogP contribution in [-0.2, 0) is 42.5 Å². The lowest BCUT2D eigenvalue weighted by Gasteiger charge is -2.16. The van der Waals surface area contributed by atoms with Crippen LogP contribution in [0.1, 0.15) is 40.6 Å². The minimum atomic E-state index is -4.04. The van der Waals surface area contributed by atoms with Crippen molar-refractivity contribution in [1.82, 2.24) is 10.6 Å². The van der Waals surface area contributed by atoms with Gasteiger partial charge in [-0.3, -0.25) is 9.59 Å². The maximum absolute atomic E-state index is 12.3. The monoisotopic (exact) mass is 870 g/mol. The van der Waals surface area contributed by atoms with Crippen LogP contribution < -0.4 is 16.4 Å². The number of methoxy groups -OCH3 is 1. The first-order valence-electron chi connectivity index (χ1n) is 17.4. The van der Waals surface area contributed by atoms with E-state index in [0.717, 1.165) is 11.1 Å². The molecule has 0 aromatic heterocycles. The summed E-state index contributed by atoms with van der Waals surface area (Å²) in [5.74, 6) is -1.55. The van der Waals surface area contributed by atoms with Crippen molar-refractivity contribution in [3.8, 4) is 0 Å². The van der Waals surface area contributed by atoms with Crippen LogP contribution in [0, 0.1) is 13.3 Å². The predicted molar refractivity (Wildman–Crippen MR) is 227 cm³/mol. The van der Waals surface area contributed by atoms with Gasteiger partial charge in [-0.1, -0.05) is 109 Å². The predicted octanol–water partition coefficient (Wildman–Crippen LogP) is 4.89. The molecule has 2 amide bonds. The number of ether oxygens (including phenoxy) is 1. The number of amides is 2. The number of hydrogen-bond acceptors (Lipinski definition) is 12. The van der Waals surface area contributed by atoms with E-state index >= 15 is 0 Å².